The van der Waals surface area contributed by atoms with E-state index in [-0.39, 0.29) is 18.4 Å². The topological polar surface area (TPSA) is 49.8 Å². The van der Waals surface area contributed by atoms with Crippen LogP contribution in [0.3, 0.4) is 0 Å². The van der Waals surface area contributed by atoms with Gasteiger partial charge >= 0.3 is 0 Å². The van der Waals surface area contributed by atoms with Crippen LogP contribution in [0.1, 0.15) is 22.8 Å². The molecule has 1 fully saturated rings. The van der Waals surface area contributed by atoms with Gasteiger partial charge in [0.2, 0.25) is 5.91 Å². The summed E-state index contributed by atoms with van der Waals surface area (Å²) in [5.41, 5.74) is 1.28. The van der Waals surface area contributed by atoms with E-state index in [2.05, 4.69) is 18.4 Å². The molecule has 1 aromatic heterocycles. The van der Waals surface area contributed by atoms with E-state index in [1.54, 1.807) is 30.4 Å². The monoisotopic (exact) mass is 283 g/mol. The highest BCUT2D eigenvalue weighted by Gasteiger charge is 2.46. The van der Waals surface area contributed by atoms with E-state index >= 15 is 0 Å². The first-order chi connectivity index (χ1) is 9.04. The van der Waals surface area contributed by atoms with Crippen molar-refractivity contribution in [3.8, 4) is 0 Å². The van der Waals surface area contributed by atoms with Gasteiger partial charge in [0.15, 0.2) is 0 Å². The van der Waals surface area contributed by atoms with Gasteiger partial charge in [0.05, 0.1) is 12.7 Å². The van der Waals surface area contributed by atoms with Crippen LogP contribution >= 0.6 is 11.3 Å². The number of aryl methyl sites for hydroxylation is 1. The van der Waals surface area contributed by atoms with Crippen LogP contribution in [0.4, 0.5) is 0 Å². The number of likely N-dealkylation sites (N-methyl/N-ethyl adjacent to an activating group) is 1. The molecule has 1 saturated carbocycles. The molecule has 0 spiro atoms. The Morgan fingerprint density at radius 2 is 2.42 bits per heavy atom. The highest BCUT2D eigenvalue weighted by atomic mass is 32.1. The van der Waals surface area contributed by atoms with Gasteiger partial charge in [-0.25, -0.2) is 0 Å². The van der Waals surface area contributed by atoms with Crippen molar-refractivity contribution < 1.29 is 14.6 Å². The number of hydrogen-bond acceptors (Lipinski definition) is 4. The van der Waals surface area contributed by atoms with Gasteiger partial charge in [-0.3, -0.25) is 4.79 Å². The molecule has 106 valence electrons. The van der Waals surface area contributed by atoms with Gasteiger partial charge in [0.25, 0.3) is 0 Å². The second-order valence-corrected chi connectivity index (χ2v) is 6.19. The van der Waals surface area contributed by atoms with Gasteiger partial charge in [-0.2, -0.15) is 0 Å². The molecule has 0 bridgehead atoms. The zero-order valence-electron chi connectivity index (χ0n) is 11.6. The predicted octanol–water partition coefficient (Wildman–Crippen LogP) is 1.63. The van der Waals surface area contributed by atoms with Gasteiger partial charge < -0.3 is 14.7 Å². The van der Waals surface area contributed by atoms with E-state index in [0.29, 0.717) is 12.5 Å². The Morgan fingerprint density at radius 3 is 3.00 bits per heavy atom. The number of thiophene rings is 1. The highest BCUT2D eigenvalue weighted by Crippen LogP contribution is 2.51. The summed E-state index contributed by atoms with van der Waals surface area (Å²) in [6.45, 7) is 2.69. The van der Waals surface area contributed by atoms with E-state index in [1.165, 1.54) is 10.4 Å². The van der Waals surface area contributed by atoms with E-state index in [4.69, 9.17) is 4.74 Å². The van der Waals surface area contributed by atoms with Crippen molar-refractivity contribution in [1.82, 2.24) is 4.90 Å². The van der Waals surface area contributed by atoms with E-state index in [0.717, 1.165) is 6.42 Å². The number of nitrogens with zero attached hydrogens (tertiary/aromatic N) is 1. The number of rotatable bonds is 6. The molecule has 5 heteroatoms. The number of carbonyl (C=O) groups is 1. The predicted molar refractivity (Wildman–Crippen MR) is 75.4 cm³/mol. The summed E-state index contributed by atoms with van der Waals surface area (Å²) in [5.74, 6) is 0.611. The maximum absolute atomic E-state index is 12.2. The molecule has 1 N–H and O–H groups in total. The minimum absolute atomic E-state index is 0.0945. The molecule has 1 aliphatic rings. The number of amides is 1. The average Bonchev–Trinajstić information content (AvgIpc) is 3.03. The zero-order chi connectivity index (χ0) is 14.0. The first-order valence-corrected chi connectivity index (χ1v) is 7.38. The smallest absolute Gasteiger partial charge is 0.226 e. The van der Waals surface area contributed by atoms with Gasteiger partial charge in [-0.1, -0.05) is 0 Å². The summed E-state index contributed by atoms with van der Waals surface area (Å²) in [7, 11) is 3.29. The van der Waals surface area contributed by atoms with Crippen molar-refractivity contribution in [3.05, 3.63) is 21.9 Å². The Hall–Kier alpha value is -0.910. The summed E-state index contributed by atoms with van der Waals surface area (Å²) in [6.07, 6.45) is 0.324. The summed E-state index contributed by atoms with van der Waals surface area (Å²) in [6, 6.07) is 2.10. The molecule has 19 heavy (non-hydrogen) atoms. The van der Waals surface area contributed by atoms with E-state index in [1.807, 2.05) is 0 Å². The molecular formula is C14H21NO3S. The number of aliphatic hydroxyl groups excluding tert-OH is 1. The lowest BCUT2D eigenvalue weighted by Gasteiger charge is -2.20. The van der Waals surface area contributed by atoms with Crippen molar-refractivity contribution in [1.29, 1.82) is 0 Å². The van der Waals surface area contributed by atoms with Gasteiger partial charge in [0, 0.05) is 37.4 Å². The fourth-order valence-electron chi connectivity index (χ4n) is 2.46. The van der Waals surface area contributed by atoms with Gasteiger partial charge in [0.1, 0.15) is 0 Å². The third-order valence-electron chi connectivity index (χ3n) is 3.57. The Kier molecular flexibility index (Phi) is 4.60. The Bertz CT molecular complexity index is 446. The normalized spacial score (nSPS) is 23.2. The van der Waals surface area contributed by atoms with Crippen LogP contribution in [0, 0.1) is 12.8 Å². The second kappa shape index (κ2) is 6.03. The van der Waals surface area contributed by atoms with Gasteiger partial charge in [-0.05, 0) is 30.4 Å². The summed E-state index contributed by atoms with van der Waals surface area (Å²) >= 11 is 1.73. The Morgan fingerprint density at radius 1 is 1.68 bits per heavy atom. The standard InChI is InChI=1S/C14H21NO3S/c1-9-4-5-19-13(9)11-6-12(11)14(17)15(2)7-10(16)8-18-3/h4-5,10-12,16H,6-8H2,1-3H3. The van der Waals surface area contributed by atoms with Crippen molar-refractivity contribution >= 4 is 17.2 Å². The molecule has 3 unspecified atom stereocenters. The molecule has 0 aliphatic heterocycles. The second-order valence-electron chi connectivity index (χ2n) is 5.24. The van der Waals surface area contributed by atoms with Gasteiger partial charge in [-0.15, -0.1) is 11.3 Å². The lowest BCUT2D eigenvalue weighted by atomic mass is 10.2. The fourth-order valence-corrected chi connectivity index (χ4v) is 3.56. The maximum Gasteiger partial charge on any atom is 0.226 e. The van der Waals surface area contributed by atoms with E-state index in [9.17, 15) is 9.90 Å². The van der Waals surface area contributed by atoms with Crippen LogP contribution in [0.15, 0.2) is 11.4 Å². The number of carbonyl (C=O) groups excluding carboxylic acids is 1. The fraction of sp³-hybridized carbons (Fsp3) is 0.643. The number of methoxy groups -OCH3 is 1. The first kappa shape index (κ1) is 14.5. The molecule has 4 nitrogen and oxygen atoms in total. The Labute approximate surface area is 118 Å². The lowest BCUT2D eigenvalue weighted by molar-refractivity contribution is -0.133. The maximum atomic E-state index is 12.2. The third-order valence-corrected chi connectivity index (χ3v) is 4.72. The molecular weight excluding hydrogens is 262 g/mol. The number of ether oxygens (including phenoxy) is 1. The highest BCUT2D eigenvalue weighted by molar-refractivity contribution is 7.10. The zero-order valence-corrected chi connectivity index (χ0v) is 12.4. The van der Waals surface area contributed by atoms with Crippen LogP contribution in [-0.2, 0) is 9.53 Å². The van der Waals surface area contributed by atoms with Crippen molar-refractivity contribution in [2.45, 2.75) is 25.4 Å². The summed E-state index contributed by atoms with van der Waals surface area (Å²) < 4.78 is 4.87. The van der Waals surface area contributed by atoms with Crippen LogP contribution < -0.4 is 0 Å². The minimum Gasteiger partial charge on any atom is -0.389 e. The first-order valence-electron chi connectivity index (χ1n) is 6.50. The third kappa shape index (κ3) is 3.35. The van der Waals surface area contributed by atoms with Crippen molar-refractivity contribution in [2.24, 2.45) is 5.92 Å². The molecule has 3 atom stereocenters. The molecule has 1 amide bonds. The molecule has 1 aliphatic carbocycles. The molecule has 0 saturated heterocycles. The van der Waals surface area contributed by atoms with Crippen LogP contribution in [0.5, 0.6) is 0 Å². The molecule has 1 aromatic rings. The van der Waals surface area contributed by atoms with E-state index < -0.39 is 6.10 Å². The van der Waals surface area contributed by atoms with Crippen LogP contribution in [-0.4, -0.2) is 49.3 Å². The minimum atomic E-state index is -0.611. The quantitative estimate of drug-likeness (QED) is 0.863. The largest absolute Gasteiger partial charge is 0.389 e. The average molecular weight is 283 g/mol. The Balaban J connectivity index is 1.87. The summed E-state index contributed by atoms with van der Waals surface area (Å²) in [5, 5.41) is 11.7. The van der Waals surface area contributed by atoms with Crippen molar-refractivity contribution in [2.75, 3.05) is 27.3 Å². The lowest BCUT2D eigenvalue weighted by Crippen LogP contribution is -2.37. The molecule has 0 radical (unpaired) electrons. The number of aliphatic hydroxyl groups is 1. The SMILES string of the molecule is COCC(O)CN(C)C(=O)C1CC1c1sccc1C. The number of hydrogen-bond donors (Lipinski definition) is 1. The van der Waals surface area contributed by atoms with Crippen LogP contribution in [0.2, 0.25) is 0 Å². The molecule has 0 aromatic carbocycles. The van der Waals surface area contributed by atoms with Crippen molar-refractivity contribution in [3.63, 3.8) is 0 Å². The summed E-state index contributed by atoms with van der Waals surface area (Å²) in [4.78, 5) is 15.2. The van der Waals surface area contributed by atoms with Crippen LogP contribution in [0.25, 0.3) is 0 Å². The molecule has 2 rings (SSSR count). The molecule has 1 heterocycles.